The number of nitrogens with zero attached hydrogens (tertiary/aromatic N) is 3. The van der Waals surface area contributed by atoms with Gasteiger partial charge in [-0.25, -0.2) is 15.0 Å². The summed E-state index contributed by atoms with van der Waals surface area (Å²) in [6.07, 6.45) is 5.41. The molecule has 24 heavy (non-hydrogen) atoms. The number of carbonyl (C=O) groups excluding carboxylic acids is 1. The van der Waals surface area contributed by atoms with Crippen LogP contribution in [0.3, 0.4) is 0 Å². The molecule has 0 radical (unpaired) electrons. The summed E-state index contributed by atoms with van der Waals surface area (Å²) in [6, 6.07) is 7.38. The summed E-state index contributed by atoms with van der Waals surface area (Å²) in [5.74, 6) is 5.83. The highest BCUT2D eigenvalue weighted by atomic mass is 16.2. The topological polar surface area (TPSA) is 83.6 Å². The lowest BCUT2D eigenvalue weighted by Gasteiger charge is -2.10. The van der Waals surface area contributed by atoms with Gasteiger partial charge >= 0.3 is 0 Å². The molecule has 1 aliphatic carbocycles. The maximum atomic E-state index is 12.4. The van der Waals surface area contributed by atoms with Gasteiger partial charge in [0.15, 0.2) is 0 Å². The molecule has 3 aromatic heterocycles. The molecule has 0 atom stereocenters. The quantitative estimate of drug-likeness (QED) is 0.708. The van der Waals surface area contributed by atoms with Crippen LogP contribution >= 0.6 is 0 Å². The molecule has 2 N–H and O–H groups in total. The lowest BCUT2D eigenvalue weighted by atomic mass is 10.2. The summed E-state index contributed by atoms with van der Waals surface area (Å²) in [7, 11) is 0. The zero-order valence-corrected chi connectivity index (χ0v) is 13.1. The molecule has 1 fully saturated rings. The van der Waals surface area contributed by atoms with Gasteiger partial charge in [-0.2, -0.15) is 0 Å². The molecule has 6 nitrogen and oxygen atoms in total. The van der Waals surface area contributed by atoms with Gasteiger partial charge in [0, 0.05) is 17.9 Å². The van der Waals surface area contributed by atoms with Crippen LogP contribution in [-0.4, -0.2) is 31.4 Å². The first-order chi connectivity index (χ1) is 11.6. The maximum absolute atomic E-state index is 12.4. The van der Waals surface area contributed by atoms with Gasteiger partial charge in [-0.05, 0) is 49.8 Å². The van der Waals surface area contributed by atoms with Crippen molar-refractivity contribution in [3.63, 3.8) is 0 Å². The average Bonchev–Trinajstić information content (AvgIpc) is 3.12. The SMILES string of the molecule is CC1(NC(=O)c2nc(C#Cc3ccccn3)c3cc[nH]c3n2)CC1. The Bertz CT molecular complexity index is 977. The molecule has 0 aromatic carbocycles. The van der Waals surface area contributed by atoms with Gasteiger partial charge in [-0.1, -0.05) is 6.07 Å². The normalized spacial score (nSPS) is 14.7. The van der Waals surface area contributed by atoms with E-state index in [1.807, 2.05) is 31.2 Å². The predicted molar refractivity (Wildman–Crippen MR) is 89.2 cm³/mol. The molecule has 0 aliphatic heterocycles. The zero-order chi connectivity index (χ0) is 16.6. The molecule has 0 saturated heterocycles. The second-order valence-electron chi connectivity index (χ2n) is 6.12. The van der Waals surface area contributed by atoms with E-state index in [0.717, 1.165) is 18.2 Å². The van der Waals surface area contributed by atoms with Crippen molar-refractivity contribution in [3.05, 3.63) is 53.9 Å². The largest absolute Gasteiger partial charge is 0.346 e. The molecule has 0 unspecified atom stereocenters. The van der Waals surface area contributed by atoms with Crippen LogP contribution < -0.4 is 5.32 Å². The van der Waals surface area contributed by atoms with Crippen LogP contribution in [0.2, 0.25) is 0 Å². The molecule has 0 bridgehead atoms. The molecule has 1 aliphatic rings. The predicted octanol–water partition coefficient (Wildman–Crippen LogP) is 2.04. The molecule has 3 aromatic rings. The smallest absolute Gasteiger partial charge is 0.289 e. The molecule has 0 spiro atoms. The first-order valence-electron chi connectivity index (χ1n) is 7.74. The summed E-state index contributed by atoms with van der Waals surface area (Å²) in [5.41, 5.74) is 1.64. The van der Waals surface area contributed by atoms with Crippen LogP contribution in [0.5, 0.6) is 0 Å². The molecule has 6 heteroatoms. The molecule has 3 heterocycles. The van der Waals surface area contributed by atoms with Crippen molar-refractivity contribution in [2.75, 3.05) is 0 Å². The van der Waals surface area contributed by atoms with Crippen LogP contribution in [0, 0.1) is 11.8 Å². The fraction of sp³-hybridized carbons (Fsp3) is 0.222. The summed E-state index contributed by atoms with van der Waals surface area (Å²) in [6.45, 7) is 2.01. The van der Waals surface area contributed by atoms with Crippen LogP contribution in [0.25, 0.3) is 11.0 Å². The van der Waals surface area contributed by atoms with Gasteiger partial charge in [0.05, 0.1) is 5.39 Å². The number of amides is 1. The molecule has 1 saturated carbocycles. The number of rotatable bonds is 2. The van der Waals surface area contributed by atoms with Crippen molar-refractivity contribution in [1.29, 1.82) is 0 Å². The fourth-order valence-electron chi connectivity index (χ4n) is 2.34. The summed E-state index contributed by atoms with van der Waals surface area (Å²) in [4.78, 5) is 28.2. The van der Waals surface area contributed by atoms with E-state index >= 15 is 0 Å². The average molecular weight is 317 g/mol. The third-order valence-electron chi connectivity index (χ3n) is 4.01. The molecular formula is C18H15N5O. The van der Waals surface area contributed by atoms with Crippen LogP contribution in [0.1, 0.15) is 41.8 Å². The Morgan fingerprint density at radius 3 is 2.88 bits per heavy atom. The Labute approximate surface area is 138 Å². The Kier molecular flexibility index (Phi) is 3.28. The third-order valence-corrected chi connectivity index (χ3v) is 4.01. The standard InChI is InChI=1S/C18H15N5O/c1-18(8-9-18)23-17(24)16-21-14(13-7-11-20-15(13)22-16)6-5-12-4-2-3-10-19-12/h2-4,7,10-11H,8-9H2,1H3,(H,23,24)(H,20,21,22). The van der Waals surface area contributed by atoms with E-state index in [1.165, 1.54) is 0 Å². The third kappa shape index (κ3) is 2.84. The number of hydrogen-bond donors (Lipinski definition) is 2. The Morgan fingerprint density at radius 2 is 2.12 bits per heavy atom. The molecular weight excluding hydrogens is 302 g/mol. The van der Waals surface area contributed by atoms with E-state index in [1.54, 1.807) is 12.4 Å². The van der Waals surface area contributed by atoms with Crippen LogP contribution in [0.4, 0.5) is 0 Å². The van der Waals surface area contributed by atoms with Crippen molar-refractivity contribution >= 4 is 16.9 Å². The minimum absolute atomic E-state index is 0.120. The Hall–Kier alpha value is -3.20. The number of H-pyrrole nitrogens is 1. The van der Waals surface area contributed by atoms with Crippen molar-refractivity contribution in [2.24, 2.45) is 0 Å². The van der Waals surface area contributed by atoms with Gasteiger partial charge in [0.1, 0.15) is 17.0 Å². The lowest BCUT2D eigenvalue weighted by Crippen LogP contribution is -2.35. The lowest BCUT2D eigenvalue weighted by molar-refractivity contribution is 0.0925. The summed E-state index contributed by atoms with van der Waals surface area (Å²) < 4.78 is 0. The van der Waals surface area contributed by atoms with Crippen molar-refractivity contribution < 1.29 is 4.79 Å². The minimum atomic E-state index is -0.271. The van der Waals surface area contributed by atoms with Crippen molar-refractivity contribution in [1.82, 2.24) is 25.3 Å². The maximum Gasteiger partial charge on any atom is 0.289 e. The molecule has 118 valence electrons. The first-order valence-corrected chi connectivity index (χ1v) is 7.74. The van der Waals surface area contributed by atoms with Crippen LogP contribution in [-0.2, 0) is 0 Å². The monoisotopic (exact) mass is 317 g/mol. The second kappa shape index (κ2) is 5.46. The van der Waals surface area contributed by atoms with Gasteiger partial charge in [0.25, 0.3) is 5.91 Å². The number of aromatic amines is 1. The van der Waals surface area contributed by atoms with Gasteiger partial charge < -0.3 is 10.3 Å². The zero-order valence-electron chi connectivity index (χ0n) is 13.1. The highest BCUT2D eigenvalue weighted by Gasteiger charge is 2.39. The number of pyridine rings is 1. The van der Waals surface area contributed by atoms with E-state index in [4.69, 9.17) is 0 Å². The number of fused-ring (bicyclic) bond motifs is 1. The Balaban J connectivity index is 1.73. The minimum Gasteiger partial charge on any atom is -0.346 e. The van der Waals surface area contributed by atoms with E-state index < -0.39 is 0 Å². The van der Waals surface area contributed by atoms with E-state index in [9.17, 15) is 4.79 Å². The van der Waals surface area contributed by atoms with Crippen molar-refractivity contribution in [2.45, 2.75) is 25.3 Å². The Morgan fingerprint density at radius 1 is 1.25 bits per heavy atom. The molecule has 4 rings (SSSR count). The van der Waals surface area contributed by atoms with E-state index in [2.05, 4.69) is 37.1 Å². The number of aromatic nitrogens is 4. The molecule has 1 amide bonds. The second-order valence-corrected chi connectivity index (χ2v) is 6.12. The van der Waals surface area contributed by atoms with E-state index in [-0.39, 0.29) is 17.3 Å². The van der Waals surface area contributed by atoms with Gasteiger partial charge in [-0.3, -0.25) is 4.79 Å². The highest BCUT2D eigenvalue weighted by Crippen LogP contribution is 2.34. The van der Waals surface area contributed by atoms with Crippen LogP contribution in [0.15, 0.2) is 36.7 Å². The number of carbonyl (C=O) groups is 1. The van der Waals surface area contributed by atoms with Crippen molar-refractivity contribution in [3.8, 4) is 11.8 Å². The number of nitrogens with one attached hydrogen (secondary N) is 2. The summed E-state index contributed by atoms with van der Waals surface area (Å²) in [5, 5.41) is 3.75. The summed E-state index contributed by atoms with van der Waals surface area (Å²) >= 11 is 0. The van der Waals surface area contributed by atoms with Gasteiger partial charge in [0.2, 0.25) is 5.82 Å². The van der Waals surface area contributed by atoms with Gasteiger partial charge in [-0.15, -0.1) is 0 Å². The van der Waals surface area contributed by atoms with E-state index in [0.29, 0.717) is 17.0 Å². The highest BCUT2D eigenvalue weighted by molar-refractivity contribution is 5.94. The number of hydrogen-bond acceptors (Lipinski definition) is 4. The fourth-order valence-corrected chi connectivity index (χ4v) is 2.34. The first kappa shape index (κ1) is 14.4.